The van der Waals surface area contributed by atoms with Gasteiger partial charge >= 0.3 is 17.1 Å². The maximum Gasteiger partial charge on any atom is 0.378 e. The quantitative estimate of drug-likeness (QED) is 0.442. The zero-order chi connectivity index (χ0) is 23.7. The van der Waals surface area contributed by atoms with Crippen molar-refractivity contribution in [3.8, 4) is 11.9 Å². The highest BCUT2D eigenvalue weighted by atomic mass is 16.3. The van der Waals surface area contributed by atoms with Crippen LogP contribution in [0.5, 0.6) is 5.88 Å². The minimum atomic E-state index is -0.648. The molecule has 2 aliphatic rings. The predicted molar refractivity (Wildman–Crippen MR) is 119 cm³/mol. The number of aromatic nitrogens is 3. The van der Waals surface area contributed by atoms with Gasteiger partial charge in [-0.3, -0.25) is 9.59 Å². The number of likely N-dealkylation sites (tertiary alicyclic amines) is 1. The molecule has 1 saturated heterocycles. The number of nitrogens with one attached hydrogen (secondary N) is 2. The van der Waals surface area contributed by atoms with E-state index < -0.39 is 11.5 Å². The summed E-state index contributed by atoms with van der Waals surface area (Å²) >= 11 is 0. The summed E-state index contributed by atoms with van der Waals surface area (Å²) < 4.78 is 2.76. The highest BCUT2D eigenvalue weighted by molar-refractivity contribution is 5.96. The van der Waals surface area contributed by atoms with Gasteiger partial charge < -0.3 is 15.3 Å². The molecular weight excluding hydrogens is 424 g/mol. The molecule has 10 heteroatoms. The molecule has 0 spiro atoms. The molecule has 0 unspecified atom stereocenters. The number of hydrogen-bond acceptors (Lipinski definition) is 5. The molecule has 3 N–H and O–H groups in total. The highest BCUT2D eigenvalue weighted by Crippen LogP contribution is 2.21. The number of aromatic amines is 1. The number of hydrogen-bond donors (Lipinski definition) is 3. The van der Waals surface area contributed by atoms with E-state index in [1.54, 1.807) is 17.2 Å². The molecule has 1 saturated carbocycles. The van der Waals surface area contributed by atoms with E-state index >= 15 is 0 Å². The monoisotopic (exact) mass is 453 g/mol. The summed E-state index contributed by atoms with van der Waals surface area (Å²) in [4.78, 5) is 40.1. The Kier molecular flexibility index (Phi) is 6.22. The first-order valence-corrected chi connectivity index (χ1v) is 11.4. The van der Waals surface area contributed by atoms with E-state index in [0.717, 1.165) is 12.8 Å². The van der Waals surface area contributed by atoms with Crippen molar-refractivity contribution in [2.45, 2.75) is 52.1 Å². The highest BCUT2D eigenvalue weighted by Gasteiger charge is 2.34. The van der Waals surface area contributed by atoms with Crippen molar-refractivity contribution in [2.24, 2.45) is 11.8 Å². The van der Waals surface area contributed by atoms with Gasteiger partial charge in [0.2, 0.25) is 11.5 Å². The van der Waals surface area contributed by atoms with Crippen molar-refractivity contribution in [1.29, 1.82) is 5.26 Å². The van der Waals surface area contributed by atoms with E-state index in [4.69, 9.17) is 5.26 Å². The fourth-order valence-corrected chi connectivity index (χ4v) is 4.10. The van der Waals surface area contributed by atoms with Gasteiger partial charge in [0.15, 0.2) is 0 Å². The number of nitrogens with zero attached hydrogens (tertiary/aromatic N) is 4. The Morgan fingerprint density at radius 3 is 2.64 bits per heavy atom. The van der Waals surface area contributed by atoms with Crippen LogP contribution in [0.3, 0.4) is 0 Å². The fraction of sp³-hybridized carbons (Fsp3) is 0.522. The minimum absolute atomic E-state index is 0.0113. The molecule has 0 atom stereocenters. The number of H-pyrrole nitrogens is 1. The smallest absolute Gasteiger partial charge is 0.378 e. The van der Waals surface area contributed by atoms with Crippen LogP contribution in [0.1, 0.15) is 55.5 Å². The molecule has 0 aromatic carbocycles. The Morgan fingerprint density at radius 1 is 1.33 bits per heavy atom. The first kappa shape index (κ1) is 22.6. The van der Waals surface area contributed by atoms with E-state index in [1.165, 1.54) is 15.2 Å². The van der Waals surface area contributed by atoms with Gasteiger partial charge in [-0.15, -0.1) is 0 Å². The Morgan fingerprint density at radius 2 is 2.03 bits per heavy atom. The van der Waals surface area contributed by atoms with E-state index in [1.807, 2.05) is 13.8 Å². The van der Waals surface area contributed by atoms with Crippen molar-refractivity contribution in [3.63, 3.8) is 0 Å². The second-order valence-electron chi connectivity index (χ2n) is 9.21. The zero-order valence-corrected chi connectivity index (χ0v) is 18.9. The standard InChI is InChI=1S/C23H28N6O4/c1-14(2)13-28-21-16(3-6-18(30)27-9-7-15(11-24)8-10-27)12-25-29(21)23(33)19(22(28)32)20(31)26-17-4-5-17/h3,6,12,14-15,17H,4-5,7-10,13H2,1-2H3,(H2,26,31,32,33)/p+1/b6-3+. The number of nitriles is 1. The van der Waals surface area contributed by atoms with Gasteiger partial charge in [-0.25, -0.2) is 9.89 Å². The summed E-state index contributed by atoms with van der Waals surface area (Å²) in [5.41, 5.74) is -0.0297. The fourth-order valence-electron chi connectivity index (χ4n) is 4.10. The van der Waals surface area contributed by atoms with Crippen LogP contribution in [0.15, 0.2) is 17.1 Å². The zero-order valence-electron chi connectivity index (χ0n) is 18.9. The summed E-state index contributed by atoms with van der Waals surface area (Å²) in [6.07, 6.45) is 7.65. The normalized spacial score (nSPS) is 17.1. The maximum atomic E-state index is 13.1. The molecule has 33 heavy (non-hydrogen) atoms. The average molecular weight is 454 g/mol. The van der Waals surface area contributed by atoms with Gasteiger partial charge in [-0.05, 0) is 37.7 Å². The third kappa shape index (κ3) is 4.62. The summed E-state index contributed by atoms with van der Waals surface area (Å²) in [5.74, 6) is -1.03. The summed E-state index contributed by atoms with van der Waals surface area (Å²) in [5, 5.41) is 25.6. The molecule has 174 valence electrons. The number of carbonyl (C=O) groups is 2. The van der Waals surface area contributed by atoms with Crippen molar-refractivity contribution in [2.75, 3.05) is 13.1 Å². The number of rotatable bonds is 6. The number of fused-ring (bicyclic) bond motifs is 1. The van der Waals surface area contributed by atoms with Crippen LogP contribution < -0.4 is 15.4 Å². The Hall–Kier alpha value is -3.61. The van der Waals surface area contributed by atoms with E-state index in [9.17, 15) is 19.5 Å². The Labute approximate surface area is 191 Å². The molecule has 0 bridgehead atoms. The second kappa shape index (κ2) is 9.10. The van der Waals surface area contributed by atoms with Crippen LogP contribution in [0, 0.1) is 23.2 Å². The van der Waals surface area contributed by atoms with Crippen LogP contribution >= 0.6 is 0 Å². The van der Waals surface area contributed by atoms with E-state index in [2.05, 4.69) is 16.5 Å². The van der Waals surface area contributed by atoms with Crippen molar-refractivity contribution in [3.05, 3.63) is 33.8 Å². The van der Waals surface area contributed by atoms with E-state index in [-0.39, 0.29) is 35.2 Å². The lowest BCUT2D eigenvalue weighted by Crippen LogP contribution is -2.46. The molecule has 0 radical (unpaired) electrons. The van der Waals surface area contributed by atoms with Gasteiger partial charge in [-0.1, -0.05) is 18.4 Å². The van der Waals surface area contributed by atoms with Gasteiger partial charge in [0, 0.05) is 31.1 Å². The summed E-state index contributed by atoms with van der Waals surface area (Å²) in [7, 11) is 0. The number of piperidine rings is 1. The molecule has 2 aromatic rings. The van der Waals surface area contributed by atoms with Gasteiger partial charge in [-0.2, -0.15) is 9.83 Å². The molecule has 1 aliphatic heterocycles. The SMILES string of the molecule is CC(C)C[n+]1c(O)c(C(=O)NC2CC2)c(=O)n2[nH]cc(/C=C/C(=O)N3CCC(C#N)CC3)c21. The predicted octanol–water partition coefficient (Wildman–Crippen LogP) is 0.944. The lowest BCUT2D eigenvalue weighted by molar-refractivity contribution is -0.686. The molecule has 1 aliphatic carbocycles. The number of aromatic hydroxyl groups is 1. The molecule has 10 nitrogen and oxygen atoms in total. The third-order valence-corrected chi connectivity index (χ3v) is 6.05. The van der Waals surface area contributed by atoms with Crippen LogP contribution in [-0.4, -0.2) is 50.6 Å². The van der Waals surface area contributed by atoms with Crippen molar-refractivity contribution in [1.82, 2.24) is 19.8 Å². The first-order valence-electron chi connectivity index (χ1n) is 11.4. The van der Waals surface area contributed by atoms with Crippen molar-refractivity contribution < 1.29 is 19.3 Å². The molecule has 4 rings (SSSR count). The second-order valence-corrected chi connectivity index (χ2v) is 9.21. The van der Waals surface area contributed by atoms with Gasteiger partial charge in [0.05, 0.1) is 24.4 Å². The van der Waals surface area contributed by atoms with Crippen molar-refractivity contribution >= 4 is 23.5 Å². The lowest BCUT2D eigenvalue weighted by Gasteiger charge is -2.28. The van der Waals surface area contributed by atoms with Crippen LogP contribution in [0.4, 0.5) is 0 Å². The van der Waals surface area contributed by atoms with Crippen LogP contribution in [-0.2, 0) is 11.3 Å². The topological polar surface area (TPSA) is 135 Å². The van der Waals surface area contributed by atoms with Crippen LogP contribution in [0.25, 0.3) is 11.7 Å². The molecular formula is C23H29N6O4+. The minimum Gasteiger partial charge on any atom is -0.477 e. The Bertz CT molecular complexity index is 1210. The van der Waals surface area contributed by atoms with Gasteiger partial charge in [0.25, 0.3) is 5.91 Å². The largest absolute Gasteiger partial charge is 0.477 e. The lowest BCUT2D eigenvalue weighted by atomic mass is 9.98. The Balaban J connectivity index is 1.69. The number of carbonyl (C=O) groups excluding carboxylic acids is 2. The molecule has 2 aromatic heterocycles. The third-order valence-electron chi connectivity index (χ3n) is 6.05. The summed E-state index contributed by atoms with van der Waals surface area (Å²) in [6.45, 7) is 5.36. The average Bonchev–Trinajstić information content (AvgIpc) is 3.50. The van der Waals surface area contributed by atoms with E-state index in [0.29, 0.717) is 43.7 Å². The first-order chi connectivity index (χ1) is 15.8. The van der Waals surface area contributed by atoms with Gasteiger partial charge in [0.1, 0.15) is 0 Å². The summed E-state index contributed by atoms with van der Waals surface area (Å²) in [6, 6.07) is 2.29. The molecule has 2 amide bonds. The number of amides is 2. The maximum absolute atomic E-state index is 13.1. The van der Waals surface area contributed by atoms with Crippen LogP contribution in [0.2, 0.25) is 0 Å². The molecule has 2 fully saturated rings. The molecule has 3 heterocycles.